The molecular weight excluding hydrogens is 750 g/mol. The number of aliphatic imine (C=N–C) groups is 1. The summed E-state index contributed by atoms with van der Waals surface area (Å²) in [6.07, 6.45) is -6.15. The Bertz CT molecular complexity index is 1850. The minimum Gasteiger partial charge on any atom is -0.459 e. The van der Waals surface area contributed by atoms with Gasteiger partial charge in [-0.1, -0.05) is 45.0 Å². The number of ketones is 1. The van der Waals surface area contributed by atoms with Crippen molar-refractivity contribution in [1.82, 2.24) is 14.9 Å². The number of benzene rings is 1. The molecule has 0 saturated carbocycles. The van der Waals surface area contributed by atoms with Crippen LogP contribution in [0.3, 0.4) is 0 Å². The minimum atomic E-state index is -1.84. The molecule has 14 atom stereocenters. The van der Waals surface area contributed by atoms with Crippen LogP contribution in [0.25, 0.3) is 11.0 Å². The Hall–Kier alpha value is -3.64. The summed E-state index contributed by atoms with van der Waals surface area (Å²) < 4.78 is 32.4. The maximum absolute atomic E-state index is 14.5. The number of carbonyl (C=O) groups excluding carboxylic acids is 3. The Labute approximate surface area is 340 Å². The Morgan fingerprint density at radius 3 is 2.45 bits per heavy atom. The van der Waals surface area contributed by atoms with E-state index in [0.29, 0.717) is 18.0 Å². The summed E-state index contributed by atoms with van der Waals surface area (Å²) in [5.74, 6) is -4.98. The zero-order valence-corrected chi connectivity index (χ0v) is 35.3. The number of aromatic amines is 1. The number of para-hydroxylation sites is 2. The van der Waals surface area contributed by atoms with Gasteiger partial charge >= 0.3 is 5.97 Å². The number of rotatable bonds is 6. The molecule has 58 heavy (non-hydrogen) atoms. The number of esters is 1. The molecule has 3 saturated heterocycles. The number of nitrogens with one attached hydrogen (secondary N) is 1. The molecule has 0 aliphatic carbocycles. The van der Waals surface area contributed by atoms with E-state index in [9.17, 15) is 24.6 Å². The molecular formula is C42H61N5O11. The molecule has 4 bridgehead atoms. The number of hydrogen-bond donors (Lipinski definition) is 3. The summed E-state index contributed by atoms with van der Waals surface area (Å²) in [5, 5.41) is 28.5. The molecule has 3 N–H and O–H groups in total. The van der Waals surface area contributed by atoms with Gasteiger partial charge in [-0.3, -0.25) is 14.4 Å². The van der Waals surface area contributed by atoms with E-state index in [-0.39, 0.29) is 50.3 Å². The van der Waals surface area contributed by atoms with Crippen LogP contribution in [0.1, 0.15) is 80.5 Å². The summed E-state index contributed by atoms with van der Waals surface area (Å²) in [6.45, 7) is 13.4. The first-order chi connectivity index (χ1) is 27.3. The number of aromatic nitrogens is 2. The minimum absolute atomic E-state index is 0.0298. The standard InChI is InChI=1S/C42H61N5O11/c1-11-31-42(8,52)37-23(4)33-21(2)18-41(7,36(24(5)34(48)25(6)39(51)56-31)57-40-35(49)29(47(9)10)16-22(3)55-40)54-20-26(19-53-37)46-58-30(38(50)45-33)17-32-43-27-14-12-13-15-28(27)44-32/h12-15,21-25,29-31,35-37,40,49,52H,11,16-20H2,1-10H3,(H,43,44)/b45-33?,46-26-/t21-,22-,23+,24+,25-,29+,30?,31-,35-,36-,37-,40+,41-,42-/m1/s1. The molecule has 5 heterocycles. The van der Waals surface area contributed by atoms with Crippen LogP contribution in [0.15, 0.2) is 34.4 Å². The monoisotopic (exact) mass is 811 g/mol. The van der Waals surface area contributed by atoms with Crippen LogP contribution in [-0.4, -0.2) is 142 Å². The summed E-state index contributed by atoms with van der Waals surface area (Å²) >= 11 is 0. The second-order valence-electron chi connectivity index (χ2n) is 17.4. The third kappa shape index (κ3) is 8.93. The van der Waals surface area contributed by atoms with E-state index < -0.39 is 89.3 Å². The quantitative estimate of drug-likeness (QED) is 0.283. The van der Waals surface area contributed by atoms with Gasteiger partial charge in [0.1, 0.15) is 35.3 Å². The van der Waals surface area contributed by atoms with Gasteiger partial charge in [0.05, 0.1) is 54.6 Å². The highest BCUT2D eigenvalue weighted by molar-refractivity contribution is 6.01. The SMILES string of the molecule is CC[C@H]1OC(=O)[C@H](C)C(=O)[C@H](C)[C@@H](O[C@@H]2O[C@H](C)C[C@H](N(C)C)[C@H]2O)[C@@]2(C)C[C@@H](C)C3=NC(=O)C(Cc4nc5ccccc5[nH]4)O/N=C(/CO[C@H]([C@H]3C)[C@]1(C)O)CO2. The second-order valence-corrected chi connectivity index (χ2v) is 17.4. The van der Waals surface area contributed by atoms with Crippen molar-refractivity contribution in [2.45, 2.75) is 141 Å². The molecule has 16 heteroatoms. The Morgan fingerprint density at radius 1 is 1.03 bits per heavy atom. The predicted molar refractivity (Wildman–Crippen MR) is 213 cm³/mol. The molecule has 16 nitrogen and oxygen atoms in total. The van der Waals surface area contributed by atoms with Gasteiger partial charge in [-0.05, 0) is 79.1 Å². The molecule has 0 spiro atoms. The van der Waals surface area contributed by atoms with Gasteiger partial charge in [-0.25, -0.2) is 9.98 Å². The predicted octanol–water partition coefficient (Wildman–Crippen LogP) is 3.40. The lowest BCUT2D eigenvalue weighted by Crippen LogP contribution is -2.60. The van der Waals surface area contributed by atoms with Gasteiger partial charge in [0, 0.05) is 23.6 Å². The van der Waals surface area contributed by atoms with Gasteiger partial charge < -0.3 is 48.6 Å². The topological polar surface area (TPSA) is 204 Å². The first-order valence-corrected chi connectivity index (χ1v) is 20.5. The lowest BCUT2D eigenvalue weighted by Gasteiger charge is -2.47. The molecule has 6 rings (SSSR count). The number of amides is 1. The molecule has 4 aliphatic heterocycles. The molecule has 1 amide bonds. The number of aliphatic hydroxyl groups is 2. The lowest BCUT2D eigenvalue weighted by molar-refractivity contribution is -0.296. The number of nitrogens with zero attached hydrogens (tertiary/aromatic N) is 4. The number of hydrogen-bond acceptors (Lipinski definition) is 14. The van der Waals surface area contributed by atoms with Crippen molar-refractivity contribution in [3.8, 4) is 0 Å². The van der Waals surface area contributed by atoms with Crippen molar-refractivity contribution in [2.24, 2.45) is 33.8 Å². The summed E-state index contributed by atoms with van der Waals surface area (Å²) in [6, 6.07) is 7.20. The van der Waals surface area contributed by atoms with Crippen molar-refractivity contribution in [1.29, 1.82) is 0 Å². The van der Waals surface area contributed by atoms with Crippen LogP contribution in [-0.2, 0) is 49.3 Å². The van der Waals surface area contributed by atoms with E-state index in [4.69, 9.17) is 33.5 Å². The van der Waals surface area contributed by atoms with E-state index in [0.717, 1.165) is 11.0 Å². The zero-order chi connectivity index (χ0) is 42.3. The van der Waals surface area contributed by atoms with Gasteiger partial charge in [0.2, 0.25) is 6.10 Å². The number of Topliss-reactive ketones (excluding diaryl/α,β-unsaturated/α-hetero) is 1. The molecule has 3 fully saturated rings. The third-order valence-electron chi connectivity index (χ3n) is 12.5. The summed E-state index contributed by atoms with van der Waals surface area (Å²) in [4.78, 5) is 63.3. The van der Waals surface area contributed by atoms with Crippen molar-refractivity contribution in [2.75, 3.05) is 27.3 Å². The molecule has 1 unspecified atom stereocenters. The van der Waals surface area contributed by atoms with Gasteiger partial charge in [0.25, 0.3) is 5.91 Å². The summed E-state index contributed by atoms with van der Waals surface area (Å²) in [5.41, 5.74) is -1.07. The number of aliphatic hydroxyl groups excluding tert-OH is 1. The number of likely N-dealkylation sites (N-methyl/N-ethyl adjacent to an activating group) is 1. The fraction of sp³-hybridized carbons (Fsp3) is 0.714. The highest BCUT2D eigenvalue weighted by Crippen LogP contribution is 2.40. The van der Waals surface area contributed by atoms with E-state index in [1.54, 1.807) is 20.8 Å². The molecule has 2 aromatic rings. The zero-order valence-electron chi connectivity index (χ0n) is 35.3. The fourth-order valence-corrected chi connectivity index (χ4v) is 9.21. The molecule has 4 aliphatic rings. The summed E-state index contributed by atoms with van der Waals surface area (Å²) in [7, 11) is 3.74. The van der Waals surface area contributed by atoms with Crippen LogP contribution < -0.4 is 0 Å². The van der Waals surface area contributed by atoms with E-state index in [1.165, 1.54) is 13.8 Å². The van der Waals surface area contributed by atoms with Gasteiger partial charge in [0.15, 0.2) is 12.1 Å². The molecule has 0 radical (unpaired) electrons. The molecule has 320 valence electrons. The van der Waals surface area contributed by atoms with Crippen LogP contribution in [0.5, 0.6) is 0 Å². The van der Waals surface area contributed by atoms with E-state index in [1.807, 2.05) is 64.0 Å². The van der Waals surface area contributed by atoms with Crippen LogP contribution in [0.2, 0.25) is 0 Å². The Balaban J connectivity index is 1.50. The van der Waals surface area contributed by atoms with Gasteiger partial charge in [-0.2, -0.15) is 0 Å². The van der Waals surface area contributed by atoms with Crippen molar-refractivity contribution >= 4 is 40.1 Å². The number of H-pyrrole nitrogens is 1. The van der Waals surface area contributed by atoms with Crippen molar-refractivity contribution in [3.63, 3.8) is 0 Å². The van der Waals surface area contributed by atoms with Gasteiger partial charge in [-0.15, -0.1) is 0 Å². The smallest absolute Gasteiger partial charge is 0.316 e. The lowest BCUT2D eigenvalue weighted by atomic mass is 9.73. The average Bonchev–Trinajstić information content (AvgIpc) is 3.58. The fourth-order valence-electron chi connectivity index (χ4n) is 9.21. The number of imidazole rings is 1. The third-order valence-corrected chi connectivity index (χ3v) is 12.5. The van der Waals surface area contributed by atoms with Crippen LogP contribution in [0.4, 0.5) is 0 Å². The first-order valence-electron chi connectivity index (χ1n) is 20.5. The highest BCUT2D eigenvalue weighted by atomic mass is 16.7. The maximum atomic E-state index is 14.5. The average molecular weight is 812 g/mol. The normalized spacial score (nSPS) is 40.5. The Kier molecular flexibility index (Phi) is 13.3. The van der Waals surface area contributed by atoms with Crippen LogP contribution in [0, 0.1) is 23.7 Å². The second kappa shape index (κ2) is 17.5. The highest BCUT2D eigenvalue weighted by Gasteiger charge is 2.53. The first kappa shape index (κ1) is 43.9. The number of oxime groups is 1. The van der Waals surface area contributed by atoms with E-state index in [2.05, 4.69) is 15.1 Å². The number of carbonyl (C=O) groups is 3. The molecule has 1 aromatic heterocycles. The number of ether oxygens (including phenoxy) is 5. The molecule has 1 aromatic carbocycles. The van der Waals surface area contributed by atoms with Crippen molar-refractivity contribution in [3.05, 3.63) is 30.1 Å². The number of fused-ring (bicyclic) bond motifs is 5. The largest absolute Gasteiger partial charge is 0.459 e. The van der Waals surface area contributed by atoms with Crippen molar-refractivity contribution < 1.29 is 53.1 Å². The Morgan fingerprint density at radius 2 is 1.76 bits per heavy atom. The number of cyclic esters (lactones) is 1. The van der Waals surface area contributed by atoms with Crippen LogP contribution >= 0.6 is 0 Å². The van der Waals surface area contributed by atoms with E-state index >= 15 is 0 Å². The maximum Gasteiger partial charge on any atom is 0.316 e.